The molecule has 124 valence electrons. The van der Waals surface area contributed by atoms with Crippen molar-refractivity contribution in [2.24, 2.45) is 11.8 Å². The van der Waals surface area contributed by atoms with Gasteiger partial charge in [0.05, 0.1) is 17.1 Å². The number of allylic oxidation sites excluding steroid dienone is 1. The molecule has 0 amide bonds. The van der Waals surface area contributed by atoms with Gasteiger partial charge in [-0.2, -0.15) is 0 Å². The molecule has 5 aliphatic heterocycles. The molecule has 4 saturated heterocycles. The number of rotatable bonds is 0. The standard InChI is InChI=1S/C20H22N2O2/c1-3-10-9-22-13-7-11(10)16-14(22)8-20(19(16)24)12-5-4-6-15(23)17(12)21(2)18(13)20/h3-6,11,13-14,16,18,23H,7-9H2,1-2H3/b10-3-/t11-,13-,14-,16-,18-,20+/m0/s1. The van der Waals surface area contributed by atoms with Gasteiger partial charge in [0.1, 0.15) is 5.75 Å². The summed E-state index contributed by atoms with van der Waals surface area (Å²) in [5.41, 5.74) is 3.06. The number of hydrogen-bond acceptors (Lipinski definition) is 4. The quantitative estimate of drug-likeness (QED) is 0.743. The Kier molecular flexibility index (Phi) is 2.18. The van der Waals surface area contributed by atoms with Gasteiger partial charge in [-0.3, -0.25) is 9.69 Å². The van der Waals surface area contributed by atoms with E-state index in [2.05, 4.69) is 35.9 Å². The molecular weight excluding hydrogens is 300 g/mol. The highest BCUT2D eigenvalue weighted by atomic mass is 16.3. The highest BCUT2D eigenvalue weighted by Gasteiger charge is 2.74. The van der Waals surface area contributed by atoms with Crippen molar-refractivity contribution in [2.75, 3.05) is 18.5 Å². The van der Waals surface area contributed by atoms with Crippen molar-refractivity contribution < 1.29 is 9.90 Å². The number of likely N-dealkylation sites (N-methyl/N-ethyl adjacent to an activating group) is 1. The molecule has 1 saturated carbocycles. The van der Waals surface area contributed by atoms with Gasteiger partial charge < -0.3 is 10.0 Å². The monoisotopic (exact) mass is 322 g/mol. The molecule has 1 aliphatic carbocycles. The molecule has 5 heterocycles. The number of nitrogens with zero attached hydrogens (tertiary/aromatic N) is 2. The molecule has 1 unspecified atom stereocenters. The van der Waals surface area contributed by atoms with Crippen LogP contribution in [0.1, 0.15) is 25.3 Å². The number of para-hydroxylation sites is 1. The van der Waals surface area contributed by atoms with Crippen LogP contribution in [0.5, 0.6) is 5.75 Å². The second-order valence-corrected chi connectivity index (χ2v) is 8.31. The number of phenolic OH excluding ortho intramolecular Hbond substituents is 1. The summed E-state index contributed by atoms with van der Waals surface area (Å²) in [4.78, 5) is 18.6. The third kappa shape index (κ3) is 1.13. The summed E-state index contributed by atoms with van der Waals surface area (Å²) in [5.74, 6) is 1.37. The lowest BCUT2D eigenvalue weighted by molar-refractivity contribution is -0.126. The molecule has 0 radical (unpaired) electrons. The Morgan fingerprint density at radius 1 is 1.33 bits per heavy atom. The van der Waals surface area contributed by atoms with E-state index >= 15 is 0 Å². The number of phenols is 1. The summed E-state index contributed by atoms with van der Waals surface area (Å²) in [6.45, 7) is 3.15. The van der Waals surface area contributed by atoms with Crippen molar-refractivity contribution in [1.82, 2.24) is 4.90 Å². The molecule has 1 spiro atoms. The number of aromatic hydroxyl groups is 1. The van der Waals surface area contributed by atoms with Crippen LogP contribution in [-0.2, 0) is 10.2 Å². The molecule has 4 nitrogen and oxygen atoms in total. The fourth-order valence-electron chi connectivity index (χ4n) is 7.14. The molecule has 4 heteroatoms. The summed E-state index contributed by atoms with van der Waals surface area (Å²) < 4.78 is 0. The van der Waals surface area contributed by atoms with Crippen LogP contribution >= 0.6 is 0 Å². The van der Waals surface area contributed by atoms with Gasteiger partial charge in [-0.05, 0) is 37.3 Å². The van der Waals surface area contributed by atoms with E-state index < -0.39 is 5.41 Å². The molecule has 1 N–H and O–H groups in total. The van der Waals surface area contributed by atoms with Gasteiger partial charge in [-0.15, -0.1) is 0 Å². The van der Waals surface area contributed by atoms with E-state index in [1.165, 1.54) is 5.57 Å². The second-order valence-electron chi connectivity index (χ2n) is 8.31. The van der Waals surface area contributed by atoms with Crippen LogP contribution in [0.2, 0.25) is 0 Å². The zero-order valence-corrected chi connectivity index (χ0v) is 14.1. The number of hydrogen-bond donors (Lipinski definition) is 1. The van der Waals surface area contributed by atoms with Crippen LogP contribution in [0.25, 0.3) is 0 Å². The average molecular weight is 322 g/mol. The maximum Gasteiger partial charge on any atom is 0.150 e. The molecule has 1 aromatic rings. The lowest BCUT2D eigenvalue weighted by Gasteiger charge is -2.58. The number of Topliss-reactive ketones (excluding diaryl/α,β-unsaturated/α-hetero) is 1. The first-order valence-corrected chi connectivity index (χ1v) is 9.10. The van der Waals surface area contributed by atoms with E-state index in [9.17, 15) is 9.90 Å². The second kappa shape index (κ2) is 3.88. The van der Waals surface area contributed by atoms with Gasteiger partial charge in [0.2, 0.25) is 0 Å². The predicted molar refractivity (Wildman–Crippen MR) is 91.2 cm³/mol. The smallest absolute Gasteiger partial charge is 0.150 e. The van der Waals surface area contributed by atoms with Crippen LogP contribution in [-0.4, -0.2) is 47.5 Å². The number of fused-ring (bicyclic) bond motifs is 2. The molecule has 1 aromatic carbocycles. The molecular formula is C20H22N2O2. The van der Waals surface area contributed by atoms with Crippen molar-refractivity contribution in [1.29, 1.82) is 0 Å². The van der Waals surface area contributed by atoms with Crippen LogP contribution in [0, 0.1) is 11.8 Å². The third-order valence-corrected chi connectivity index (χ3v) is 7.82. The van der Waals surface area contributed by atoms with Gasteiger partial charge in [0, 0.05) is 31.6 Å². The number of anilines is 1. The highest BCUT2D eigenvalue weighted by molar-refractivity contribution is 6.02. The Hall–Kier alpha value is -1.81. The minimum Gasteiger partial charge on any atom is -0.506 e. The van der Waals surface area contributed by atoms with Gasteiger partial charge >= 0.3 is 0 Å². The fourth-order valence-corrected chi connectivity index (χ4v) is 7.14. The van der Waals surface area contributed by atoms with Crippen LogP contribution in [0.3, 0.4) is 0 Å². The Morgan fingerprint density at radius 2 is 2.17 bits per heavy atom. The molecule has 6 aliphatic rings. The van der Waals surface area contributed by atoms with E-state index in [0.29, 0.717) is 29.5 Å². The van der Waals surface area contributed by atoms with E-state index in [1.807, 2.05) is 6.07 Å². The number of carbonyl (C=O) groups excluding carboxylic acids is 1. The highest BCUT2D eigenvalue weighted by Crippen LogP contribution is 2.67. The maximum atomic E-state index is 13.8. The number of piperidine rings is 4. The Morgan fingerprint density at radius 3 is 2.96 bits per heavy atom. The Balaban J connectivity index is 1.64. The Labute approximate surface area is 141 Å². The minimum atomic E-state index is -0.392. The van der Waals surface area contributed by atoms with Gasteiger partial charge in [0.15, 0.2) is 5.78 Å². The van der Waals surface area contributed by atoms with E-state index in [0.717, 1.165) is 30.6 Å². The molecule has 0 aromatic heterocycles. The van der Waals surface area contributed by atoms with Crippen molar-refractivity contribution in [2.45, 2.75) is 43.3 Å². The zero-order valence-electron chi connectivity index (χ0n) is 14.1. The third-order valence-electron chi connectivity index (χ3n) is 7.82. The SMILES string of the molecule is C/C=C1/CN2[C@H]3C[C@]45C(=O)[C@H]3[C@H]1C[C@H]2[C@@H]4N(C)c1c(O)cccc15. The predicted octanol–water partition coefficient (Wildman–Crippen LogP) is 2.07. The van der Waals surface area contributed by atoms with Crippen molar-refractivity contribution in [3.05, 3.63) is 35.4 Å². The Bertz CT molecular complexity index is 831. The minimum absolute atomic E-state index is 0.160. The van der Waals surface area contributed by atoms with Crippen molar-refractivity contribution in [3.63, 3.8) is 0 Å². The maximum absolute atomic E-state index is 13.8. The molecule has 24 heavy (non-hydrogen) atoms. The summed E-state index contributed by atoms with van der Waals surface area (Å²) in [5, 5.41) is 10.5. The van der Waals surface area contributed by atoms with E-state index in [1.54, 1.807) is 6.07 Å². The first kappa shape index (κ1) is 13.5. The number of ketones is 1. The summed E-state index contributed by atoms with van der Waals surface area (Å²) in [7, 11) is 2.07. The summed E-state index contributed by atoms with van der Waals surface area (Å²) >= 11 is 0. The van der Waals surface area contributed by atoms with E-state index in [4.69, 9.17) is 0 Å². The van der Waals surface area contributed by atoms with Crippen molar-refractivity contribution >= 4 is 11.5 Å². The van der Waals surface area contributed by atoms with Crippen LogP contribution < -0.4 is 4.90 Å². The van der Waals surface area contributed by atoms with Crippen LogP contribution in [0.4, 0.5) is 5.69 Å². The molecule has 7 rings (SSSR count). The normalized spacial score (nSPS) is 48.3. The largest absolute Gasteiger partial charge is 0.506 e. The molecule has 5 fully saturated rings. The lowest BCUT2D eigenvalue weighted by atomic mass is 9.65. The first-order valence-electron chi connectivity index (χ1n) is 9.10. The fraction of sp³-hybridized carbons (Fsp3) is 0.550. The van der Waals surface area contributed by atoms with E-state index in [-0.39, 0.29) is 12.0 Å². The lowest BCUT2D eigenvalue weighted by Crippen LogP contribution is -2.68. The number of benzene rings is 1. The summed E-state index contributed by atoms with van der Waals surface area (Å²) in [6.07, 6.45) is 4.27. The van der Waals surface area contributed by atoms with Crippen LogP contribution in [0.15, 0.2) is 29.8 Å². The van der Waals surface area contributed by atoms with Gasteiger partial charge in [-0.1, -0.05) is 23.8 Å². The van der Waals surface area contributed by atoms with Gasteiger partial charge in [-0.25, -0.2) is 0 Å². The molecule has 5 bridgehead atoms. The first-order chi connectivity index (χ1) is 11.6. The average Bonchev–Trinajstić information content (AvgIpc) is 2.98. The summed E-state index contributed by atoms with van der Waals surface area (Å²) in [6, 6.07) is 6.76. The van der Waals surface area contributed by atoms with Gasteiger partial charge in [0.25, 0.3) is 0 Å². The number of carbonyl (C=O) groups is 1. The molecule has 7 atom stereocenters. The topological polar surface area (TPSA) is 43.8 Å². The zero-order chi connectivity index (χ0) is 16.4. The van der Waals surface area contributed by atoms with Crippen molar-refractivity contribution in [3.8, 4) is 5.75 Å².